The molecular weight excluding hydrogens is 188 g/mol. The first kappa shape index (κ1) is 9.55. The van der Waals surface area contributed by atoms with E-state index in [0.717, 1.165) is 0 Å². The fourth-order valence-electron chi connectivity index (χ4n) is 0.737. The summed E-state index contributed by atoms with van der Waals surface area (Å²) in [5.41, 5.74) is 1.55. The van der Waals surface area contributed by atoms with Crippen molar-refractivity contribution in [3.05, 3.63) is 11.2 Å². The van der Waals surface area contributed by atoms with Crippen molar-refractivity contribution in [1.82, 2.24) is 4.98 Å². The molecule has 13 heavy (non-hydrogen) atoms. The second kappa shape index (κ2) is 4.48. The summed E-state index contributed by atoms with van der Waals surface area (Å²) in [6.45, 7) is 2.17. The Balaban J connectivity index is 2.69. The predicted molar refractivity (Wildman–Crippen MR) is 51.0 cm³/mol. The van der Waals surface area contributed by atoms with Gasteiger partial charge >= 0.3 is 5.97 Å². The number of hydrogen-bond donors (Lipinski definition) is 2. The van der Waals surface area contributed by atoms with E-state index in [1.807, 2.05) is 0 Å². The standard InChI is InChI=1S/C8H8N2O2S/c1-2-3-4-9-7-6(8(11)12)10-5-13-7/h5,9H,4H2,1H3,(H,11,12). The monoisotopic (exact) mass is 196 g/mol. The summed E-state index contributed by atoms with van der Waals surface area (Å²) < 4.78 is 0. The number of carboxylic acid groups (broad SMARTS) is 1. The molecule has 0 radical (unpaired) electrons. The van der Waals surface area contributed by atoms with Gasteiger partial charge in [0.25, 0.3) is 0 Å². The van der Waals surface area contributed by atoms with E-state index in [0.29, 0.717) is 11.5 Å². The number of nitrogens with zero attached hydrogens (tertiary/aromatic N) is 1. The molecule has 68 valence electrons. The van der Waals surface area contributed by atoms with Gasteiger partial charge in [0, 0.05) is 0 Å². The molecule has 1 heterocycles. The molecule has 4 nitrogen and oxygen atoms in total. The predicted octanol–water partition coefficient (Wildman–Crippen LogP) is 1.28. The van der Waals surface area contributed by atoms with Crippen molar-refractivity contribution in [2.45, 2.75) is 6.92 Å². The van der Waals surface area contributed by atoms with Gasteiger partial charge in [0.15, 0.2) is 5.69 Å². The van der Waals surface area contributed by atoms with E-state index in [1.54, 1.807) is 6.92 Å². The van der Waals surface area contributed by atoms with Crippen LogP contribution in [0, 0.1) is 11.8 Å². The Morgan fingerprint density at radius 1 is 1.85 bits per heavy atom. The Kier molecular flexibility index (Phi) is 3.29. The van der Waals surface area contributed by atoms with Crippen LogP contribution in [0.5, 0.6) is 0 Å². The van der Waals surface area contributed by atoms with Gasteiger partial charge in [-0.1, -0.05) is 5.92 Å². The number of anilines is 1. The normalized spacial score (nSPS) is 8.69. The molecule has 2 N–H and O–H groups in total. The number of aromatic carboxylic acids is 1. The zero-order chi connectivity index (χ0) is 9.68. The van der Waals surface area contributed by atoms with Crippen LogP contribution in [0.2, 0.25) is 0 Å². The van der Waals surface area contributed by atoms with Crippen LogP contribution in [-0.2, 0) is 0 Å². The number of carboxylic acids is 1. The van der Waals surface area contributed by atoms with Gasteiger partial charge in [-0.25, -0.2) is 9.78 Å². The molecule has 0 aliphatic rings. The maximum absolute atomic E-state index is 10.6. The largest absolute Gasteiger partial charge is 0.476 e. The third-order valence-electron chi connectivity index (χ3n) is 1.28. The molecule has 5 heteroatoms. The number of thiazole rings is 1. The van der Waals surface area contributed by atoms with Gasteiger partial charge < -0.3 is 10.4 Å². The Morgan fingerprint density at radius 3 is 3.23 bits per heavy atom. The van der Waals surface area contributed by atoms with Crippen LogP contribution in [-0.4, -0.2) is 22.6 Å². The molecule has 1 rings (SSSR count). The minimum absolute atomic E-state index is 0.0582. The van der Waals surface area contributed by atoms with E-state index in [1.165, 1.54) is 16.8 Å². The van der Waals surface area contributed by atoms with Gasteiger partial charge in [0.1, 0.15) is 5.00 Å². The van der Waals surface area contributed by atoms with Crippen molar-refractivity contribution in [2.24, 2.45) is 0 Å². The van der Waals surface area contributed by atoms with Crippen molar-refractivity contribution < 1.29 is 9.90 Å². The third kappa shape index (κ3) is 2.46. The minimum Gasteiger partial charge on any atom is -0.476 e. The SMILES string of the molecule is CC#CCNc1scnc1C(=O)O. The first-order valence-corrected chi connectivity index (χ1v) is 4.44. The van der Waals surface area contributed by atoms with Crippen LogP contribution < -0.4 is 5.32 Å². The highest BCUT2D eigenvalue weighted by molar-refractivity contribution is 7.14. The summed E-state index contributed by atoms with van der Waals surface area (Å²) in [5, 5.41) is 12.1. The average molecular weight is 196 g/mol. The van der Waals surface area contributed by atoms with Crippen molar-refractivity contribution >= 4 is 22.3 Å². The van der Waals surface area contributed by atoms with Crippen molar-refractivity contribution in [3.63, 3.8) is 0 Å². The van der Waals surface area contributed by atoms with E-state index in [2.05, 4.69) is 22.1 Å². The van der Waals surface area contributed by atoms with Crippen LogP contribution in [0.1, 0.15) is 17.4 Å². The number of hydrogen-bond acceptors (Lipinski definition) is 4. The molecule has 1 aromatic heterocycles. The van der Waals surface area contributed by atoms with Gasteiger partial charge in [-0.05, 0) is 6.92 Å². The van der Waals surface area contributed by atoms with Crippen LogP contribution in [0.4, 0.5) is 5.00 Å². The molecule has 0 saturated carbocycles. The summed E-state index contributed by atoms with van der Waals surface area (Å²) in [7, 11) is 0. The molecule has 0 aliphatic carbocycles. The van der Waals surface area contributed by atoms with Crippen LogP contribution in [0.3, 0.4) is 0 Å². The fourth-order valence-corrected chi connectivity index (χ4v) is 1.41. The van der Waals surface area contributed by atoms with E-state index in [9.17, 15) is 4.79 Å². The first-order chi connectivity index (χ1) is 6.25. The molecule has 0 saturated heterocycles. The van der Waals surface area contributed by atoms with Crippen LogP contribution in [0.25, 0.3) is 0 Å². The summed E-state index contributed by atoms with van der Waals surface area (Å²) in [4.78, 5) is 14.3. The van der Waals surface area contributed by atoms with Gasteiger partial charge in [-0.15, -0.1) is 17.3 Å². The number of nitrogens with one attached hydrogen (secondary N) is 1. The number of carbonyl (C=O) groups is 1. The lowest BCUT2D eigenvalue weighted by atomic mass is 10.4. The highest BCUT2D eigenvalue weighted by Crippen LogP contribution is 2.19. The lowest BCUT2D eigenvalue weighted by molar-refractivity contribution is 0.0692. The summed E-state index contributed by atoms with van der Waals surface area (Å²) in [6.07, 6.45) is 0. The van der Waals surface area contributed by atoms with Crippen LogP contribution in [0.15, 0.2) is 5.51 Å². The van der Waals surface area contributed by atoms with Crippen molar-refractivity contribution in [1.29, 1.82) is 0 Å². The van der Waals surface area contributed by atoms with Crippen LogP contribution >= 0.6 is 11.3 Å². The van der Waals surface area contributed by atoms with E-state index in [-0.39, 0.29) is 5.69 Å². The Morgan fingerprint density at radius 2 is 2.62 bits per heavy atom. The number of aromatic nitrogens is 1. The number of rotatable bonds is 3. The maximum atomic E-state index is 10.6. The van der Waals surface area contributed by atoms with E-state index < -0.39 is 5.97 Å². The quantitative estimate of drug-likeness (QED) is 0.715. The Labute approximate surface area is 79.6 Å². The zero-order valence-electron chi connectivity index (χ0n) is 7.00. The van der Waals surface area contributed by atoms with Gasteiger partial charge in [-0.2, -0.15) is 0 Å². The third-order valence-corrected chi connectivity index (χ3v) is 2.07. The summed E-state index contributed by atoms with van der Waals surface area (Å²) >= 11 is 1.26. The highest BCUT2D eigenvalue weighted by atomic mass is 32.1. The minimum atomic E-state index is -1.02. The first-order valence-electron chi connectivity index (χ1n) is 3.56. The Hall–Kier alpha value is -1.54. The average Bonchev–Trinajstić information content (AvgIpc) is 2.53. The van der Waals surface area contributed by atoms with Crippen molar-refractivity contribution in [2.75, 3.05) is 11.9 Å². The second-order valence-corrected chi connectivity index (χ2v) is 2.97. The van der Waals surface area contributed by atoms with Gasteiger partial charge in [-0.3, -0.25) is 0 Å². The summed E-state index contributed by atoms with van der Waals surface area (Å²) in [5.74, 6) is 4.46. The smallest absolute Gasteiger partial charge is 0.357 e. The Bertz CT molecular complexity index is 362. The second-order valence-electron chi connectivity index (χ2n) is 2.12. The molecule has 0 atom stereocenters. The molecule has 0 bridgehead atoms. The molecule has 0 aliphatic heterocycles. The zero-order valence-corrected chi connectivity index (χ0v) is 7.81. The molecular formula is C8H8N2O2S. The lowest BCUT2D eigenvalue weighted by Gasteiger charge is -1.97. The highest BCUT2D eigenvalue weighted by Gasteiger charge is 2.11. The molecule has 0 fully saturated rings. The van der Waals surface area contributed by atoms with E-state index >= 15 is 0 Å². The molecule has 1 aromatic rings. The maximum Gasteiger partial charge on any atom is 0.357 e. The van der Waals surface area contributed by atoms with E-state index in [4.69, 9.17) is 5.11 Å². The van der Waals surface area contributed by atoms with Gasteiger partial charge in [0.2, 0.25) is 0 Å². The molecule has 0 spiro atoms. The molecule has 0 aromatic carbocycles. The molecule has 0 unspecified atom stereocenters. The summed E-state index contributed by atoms with van der Waals surface area (Å²) in [6, 6.07) is 0. The van der Waals surface area contributed by atoms with Crippen molar-refractivity contribution in [3.8, 4) is 11.8 Å². The topological polar surface area (TPSA) is 62.2 Å². The lowest BCUT2D eigenvalue weighted by Crippen LogP contribution is -2.04. The van der Waals surface area contributed by atoms with Gasteiger partial charge in [0.05, 0.1) is 12.1 Å². The molecule has 0 amide bonds. The fraction of sp³-hybridized carbons (Fsp3) is 0.250.